The van der Waals surface area contributed by atoms with E-state index in [1.165, 1.54) is 11.1 Å². The molecule has 1 rings (SSSR count). The third kappa shape index (κ3) is 1.84. The summed E-state index contributed by atoms with van der Waals surface area (Å²) in [5.41, 5.74) is 5.85. The molecule has 0 radical (unpaired) electrons. The molecule has 0 aliphatic rings. The van der Waals surface area contributed by atoms with Crippen LogP contribution in [-0.2, 0) is 0 Å². The summed E-state index contributed by atoms with van der Waals surface area (Å²) in [5.74, 6) is 0. The van der Waals surface area contributed by atoms with Crippen molar-refractivity contribution >= 4 is 0 Å². The van der Waals surface area contributed by atoms with E-state index in [1.807, 2.05) is 13.0 Å². The summed E-state index contributed by atoms with van der Waals surface area (Å²) in [7, 11) is 0. The van der Waals surface area contributed by atoms with Crippen LogP contribution in [0.1, 0.15) is 29.7 Å². The van der Waals surface area contributed by atoms with Crippen molar-refractivity contribution in [3.8, 4) is 0 Å². The fourth-order valence-electron chi connectivity index (χ4n) is 1.38. The van der Waals surface area contributed by atoms with Gasteiger partial charge >= 0.3 is 0 Å². The lowest BCUT2D eigenvalue weighted by Crippen LogP contribution is -2.14. The summed E-state index contributed by atoms with van der Waals surface area (Å²) in [4.78, 5) is 0. The van der Waals surface area contributed by atoms with Crippen LogP contribution in [0.25, 0.3) is 0 Å². The van der Waals surface area contributed by atoms with E-state index in [0.717, 1.165) is 5.56 Å². The van der Waals surface area contributed by atoms with Crippen LogP contribution in [0.2, 0.25) is 0 Å². The van der Waals surface area contributed by atoms with Crippen molar-refractivity contribution < 1.29 is 5.21 Å². The van der Waals surface area contributed by atoms with Crippen molar-refractivity contribution in [3.05, 3.63) is 34.9 Å². The molecule has 0 bridgehead atoms. The van der Waals surface area contributed by atoms with E-state index in [4.69, 9.17) is 5.21 Å². The van der Waals surface area contributed by atoms with Gasteiger partial charge in [-0.25, -0.2) is 0 Å². The zero-order valence-corrected chi connectivity index (χ0v) is 7.76. The molecular weight excluding hydrogens is 150 g/mol. The molecule has 2 nitrogen and oxygen atoms in total. The molecule has 1 aromatic carbocycles. The minimum atomic E-state index is 0.00519. The Hall–Kier alpha value is -0.860. The molecule has 2 heteroatoms. The van der Waals surface area contributed by atoms with E-state index in [1.54, 1.807) is 0 Å². The predicted molar refractivity (Wildman–Crippen MR) is 49.3 cm³/mol. The van der Waals surface area contributed by atoms with Gasteiger partial charge in [0.15, 0.2) is 0 Å². The lowest BCUT2D eigenvalue weighted by molar-refractivity contribution is 0.133. The highest BCUT2D eigenvalue weighted by Crippen LogP contribution is 2.17. The summed E-state index contributed by atoms with van der Waals surface area (Å²) in [6.07, 6.45) is 0. The van der Waals surface area contributed by atoms with Crippen LogP contribution in [0, 0.1) is 13.8 Å². The molecule has 0 saturated heterocycles. The fourth-order valence-corrected chi connectivity index (χ4v) is 1.38. The fraction of sp³-hybridized carbons (Fsp3) is 0.400. The van der Waals surface area contributed by atoms with E-state index in [-0.39, 0.29) is 6.04 Å². The Kier molecular flexibility index (Phi) is 2.84. The first-order valence-electron chi connectivity index (χ1n) is 4.12. The van der Waals surface area contributed by atoms with Crippen LogP contribution >= 0.6 is 0 Å². The monoisotopic (exact) mass is 165 g/mol. The zero-order valence-electron chi connectivity index (χ0n) is 7.76. The van der Waals surface area contributed by atoms with Crippen LogP contribution in [0.3, 0.4) is 0 Å². The van der Waals surface area contributed by atoms with Gasteiger partial charge in [-0.15, -0.1) is 0 Å². The van der Waals surface area contributed by atoms with Gasteiger partial charge in [0.2, 0.25) is 0 Å². The first-order chi connectivity index (χ1) is 5.65. The molecule has 0 spiro atoms. The second-order valence-corrected chi connectivity index (χ2v) is 3.21. The molecule has 0 aliphatic carbocycles. The van der Waals surface area contributed by atoms with Crippen molar-refractivity contribution in [3.63, 3.8) is 0 Å². The molecule has 0 heterocycles. The molecule has 1 unspecified atom stereocenters. The third-order valence-electron chi connectivity index (χ3n) is 2.09. The van der Waals surface area contributed by atoms with Gasteiger partial charge in [0.1, 0.15) is 0 Å². The molecule has 1 atom stereocenters. The van der Waals surface area contributed by atoms with Crippen molar-refractivity contribution in [2.24, 2.45) is 0 Å². The van der Waals surface area contributed by atoms with Crippen LogP contribution < -0.4 is 5.48 Å². The summed E-state index contributed by atoms with van der Waals surface area (Å²) < 4.78 is 0. The van der Waals surface area contributed by atoms with Gasteiger partial charge in [0, 0.05) is 0 Å². The topological polar surface area (TPSA) is 32.3 Å². The van der Waals surface area contributed by atoms with Gasteiger partial charge in [0.05, 0.1) is 6.04 Å². The smallest absolute Gasteiger partial charge is 0.0543 e. The Bertz CT molecular complexity index is 271. The summed E-state index contributed by atoms with van der Waals surface area (Å²) in [5, 5.41) is 8.73. The van der Waals surface area contributed by atoms with E-state index >= 15 is 0 Å². The first kappa shape index (κ1) is 9.23. The summed E-state index contributed by atoms with van der Waals surface area (Å²) in [6, 6.07) is 6.21. The van der Waals surface area contributed by atoms with E-state index in [0.29, 0.717) is 0 Å². The highest BCUT2D eigenvalue weighted by atomic mass is 16.5. The highest BCUT2D eigenvalue weighted by Gasteiger charge is 2.05. The Morgan fingerprint density at radius 1 is 1.33 bits per heavy atom. The lowest BCUT2D eigenvalue weighted by atomic mass is 10.0. The van der Waals surface area contributed by atoms with Crippen LogP contribution in [0.4, 0.5) is 0 Å². The first-order valence-corrected chi connectivity index (χ1v) is 4.12. The number of nitrogens with one attached hydrogen (secondary N) is 1. The van der Waals surface area contributed by atoms with E-state index in [9.17, 15) is 0 Å². The minimum Gasteiger partial charge on any atom is -0.316 e. The predicted octanol–water partition coefficient (Wildman–Crippen LogP) is 2.34. The van der Waals surface area contributed by atoms with Crippen LogP contribution in [0.15, 0.2) is 18.2 Å². The molecule has 66 valence electrons. The standard InChI is InChI=1S/C10H15NO/c1-7-4-5-10(8(2)6-7)9(3)11-12/h4-6,9,11-12H,1-3H3. The summed E-state index contributed by atoms with van der Waals surface area (Å²) >= 11 is 0. The number of hydroxylamine groups is 1. The molecule has 0 aromatic heterocycles. The van der Waals surface area contributed by atoms with Gasteiger partial charge in [-0.2, -0.15) is 5.48 Å². The number of aryl methyl sites for hydroxylation is 2. The molecular formula is C10H15NO. The van der Waals surface area contributed by atoms with Gasteiger partial charge in [-0.05, 0) is 31.9 Å². The maximum Gasteiger partial charge on any atom is 0.0543 e. The number of hydrogen-bond acceptors (Lipinski definition) is 2. The SMILES string of the molecule is Cc1ccc(C(C)NO)c(C)c1. The maximum absolute atomic E-state index is 8.73. The van der Waals surface area contributed by atoms with Crippen molar-refractivity contribution in [1.82, 2.24) is 5.48 Å². The number of benzene rings is 1. The maximum atomic E-state index is 8.73. The molecule has 0 fully saturated rings. The van der Waals surface area contributed by atoms with Crippen molar-refractivity contribution in [2.75, 3.05) is 0 Å². The number of hydrogen-bond donors (Lipinski definition) is 2. The second kappa shape index (κ2) is 3.70. The molecule has 0 aliphatic heterocycles. The Labute approximate surface area is 73.2 Å². The van der Waals surface area contributed by atoms with E-state index in [2.05, 4.69) is 31.5 Å². The Balaban J connectivity index is 3.01. The Morgan fingerprint density at radius 3 is 2.50 bits per heavy atom. The zero-order chi connectivity index (χ0) is 9.14. The second-order valence-electron chi connectivity index (χ2n) is 3.21. The minimum absolute atomic E-state index is 0.00519. The van der Waals surface area contributed by atoms with Crippen LogP contribution in [0.5, 0.6) is 0 Å². The summed E-state index contributed by atoms with van der Waals surface area (Å²) in [6.45, 7) is 6.04. The molecule has 0 saturated carbocycles. The third-order valence-corrected chi connectivity index (χ3v) is 2.09. The molecule has 0 amide bonds. The van der Waals surface area contributed by atoms with Gasteiger partial charge in [0.25, 0.3) is 0 Å². The average molecular weight is 165 g/mol. The normalized spacial score (nSPS) is 13.0. The van der Waals surface area contributed by atoms with E-state index < -0.39 is 0 Å². The largest absolute Gasteiger partial charge is 0.316 e. The van der Waals surface area contributed by atoms with Crippen molar-refractivity contribution in [1.29, 1.82) is 0 Å². The quantitative estimate of drug-likeness (QED) is 0.659. The lowest BCUT2D eigenvalue weighted by Gasteiger charge is -2.12. The van der Waals surface area contributed by atoms with Gasteiger partial charge in [-0.3, -0.25) is 0 Å². The highest BCUT2D eigenvalue weighted by molar-refractivity contribution is 5.32. The van der Waals surface area contributed by atoms with Crippen molar-refractivity contribution in [2.45, 2.75) is 26.8 Å². The molecule has 12 heavy (non-hydrogen) atoms. The molecule has 1 aromatic rings. The van der Waals surface area contributed by atoms with Crippen LogP contribution in [-0.4, -0.2) is 5.21 Å². The van der Waals surface area contributed by atoms with Gasteiger partial charge in [-0.1, -0.05) is 23.8 Å². The Morgan fingerprint density at radius 2 is 2.00 bits per heavy atom. The van der Waals surface area contributed by atoms with Gasteiger partial charge < -0.3 is 5.21 Å². The average Bonchev–Trinajstić information content (AvgIpc) is 2.03. The molecule has 2 N–H and O–H groups in total. The number of rotatable bonds is 2.